The number of aryl methyl sites for hydroxylation is 3. The predicted octanol–water partition coefficient (Wildman–Crippen LogP) is 4.50. The second-order valence-corrected chi connectivity index (χ2v) is 11.2. The molecule has 202 valence electrons. The molecule has 0 aliphatic heterocycles. The van der Waals surface area contributed by atoms with Crippen molar-refractivity contribution in [2.24, 2.45) is 0 Å². The number of halogens is 1. The molecule has 0 spiro atoms. The summed E-state index contributed by atoms with van der Waals surface area (Å²) in [5.74, 6) is -1.58. The zero-order valence-corrected chi connectivity index (χ0v) is 23.2. The largest absolute Gasteiger partial charge is 0.355 e. The van der Waals surface area contributed by atoms with Gasteiger partial charge in [0.15, 0.2) is 0 Å². The Kier molecular flexibility index (Phi) is 9.27. The summed E-state index contributed by atoms with van der Waals surface area (Å²) in [5, 5.41) is 2.68. The third kappa shape index (κ3) is 6.77. The maximum absolute atomic E-state index is 14.5. The van der Waals surface area contributed by atoms with Gasteiger partial charge in [-0.2, -0.15) is 0 Å². The fourth-order valence-electron chi connectivity index (χ4n) is 4.18. The summed E-state index contributed by atoms with van der Waals surface area (Å²) < 4.78 is 43.3. The number of benzene rings is 3. The lowest BCUT2D eigenvalue weighted by molar-refractivity contribution is -0.139. The highest BCUT2D eigenvalue weighted by molar-refractivity contribution is 7.92. The van der Waals surface area contributed by atoms with Gasteiger partial charge in [-0.15, -0.1) is 0 Å². The van der Waals surface area contributed by atoms with Crippen molar-refractivity contribution in [3.63, 3.8) is 0 Å². The van der Waals surface area contributed by atoms with Crippen LogP contribution in [0.1, 0.15) is 36.1 Å². The number of carbonyl (C=O) groups is 2. The molecule has 3 aromatic carbocycles. The first-order chi connectivity index (χ1) is 17.9. The van der Waals surface area contributed by atoms with Crippen LogP contribution in [-0.2, 0) is 26.2 Å². The average Bonchev–Trinajstić information content (AvgIpc) is 2.86. The first kappa shape index (κ1) is 28.8. The highest BCUT2D eigenvalue weighted by atomic mass is 32.2. The van der Waals surface area contributed by atoms with E-state index in [9.17, 15) is 22.4 Å². The van der Waals surface area contributed by atoms with Crippen molar-refractivity contribution in [2.45, 2.75) is 52.1 Å². The van der Waals surface area contributed by atoms with Crippen LogP contribution in [0, 0.1) is 26.6 Å². The summed E-state index contributed by atoms with van der Waals surface area (Å²) >= 11 is 0. The molecule has 0 saturated heterocycles. The molecule has 0 radical (unpaired) electrons. The van der Waals surface area contributed by atoms with Crippen molar-refractivity contribution in [1.29, 1.82) is 0 Å². The van der Waals surface area contributed by atoms with Gasteiger partial charge in [-0.25, -0.2) is 12.8 Å². The Balaban J connectivity index is 2.08. The summed E-state index contributed by atoms with van der Waals surface area (Å²) in [5.41, 5.74) is 3.10. The summed E-state index contributed by atoms with van der Waals surface area (Å²) in [6.07, 6.45) is 0. The number of nitrogens with zero attached hydrogens (tertiary/aromatic N) is 2. The monoisotopic (exact) mass is 539 g/mol. The second-order valence-electron chi connectivity index (χ2n) is 9.35. The molecule has 0 heterocycles. The lowest BCUT2D eigenvalue weighted by Crippen LogP contribution is -2.51. The van der Waals surface area contributed by atoms with Crippen molar-refractivity contribution in [2.75, 3.05) is 17.4 Å². The Morgan fingerprint density at radius 2 is 1.53 bits per heavy atom. The Morgan fingerprint density at radius 3 is 2.11 bits per heavy atom. The Bertz CT molecular complexity index is 1390. The van der Waals surface area contributed by atoms with Gasteiger partial charge in [0.2, 0.25) is 11.8 Å². The van der Waals surface area contributed by atoms with Gasteiger partial charge in [-0.3, -0.25) is 13.9 Å². The quantitative estimate of drug-likeness (QED) is 0.411. The molecule has 1 atom stereocenters. The SMILES string of the molecule is CCNC(=O)[C@@H](C)N(Cc1ccccc1F)C(=O)CN(c1cc(C)cc(C)c1)S(=O)(=O)c1ccc(C)cc1. The number of hydrogen-bond acceptors (Lipinski definition) is 4. The van der Waals surface area contributed by atoms with Gasteiger partial charge in [-0.1, -0.05) is 42.0 Å². The van der Waals surface area contributed by atoms with E-state index in [4.69, 9.17) is 0 Å². The molecule has 0 saturated carbocycles. The van der Waals surface area contributed by atoms with E-state index in [0.29, 0.717) is 12.2 Å². The average molecular weight is 540 g/mol. The summed E-state index contributed by atoms with van der Waals surface area (Å²) in [7, 11) is -4.16. The van der Waals surface area contributed by atoms with E-state index < -0.39 is 40.2 Å². The molecule has 0 unspecified atom stereocenters. The first-order valence-corrected chi connectivity index (χ1v) is 13.9. The Morgan fingerprint density at radius 1 is 0.921 bits per heavy atom. The van der Waals surface area contributed by atoms with Crippen LogP contribution in [0.15, 0.2) is 71.6 Å². The van der Waals surface area contributed by atoms with Gasteiger partial charge in [0.1, 0.15) is 18.4 Å². The number of hydrogen-bond donors (Lipinski definition) is 1. The van der Waals surface area contributed by atoms with Crippen LogP contribution in [0.2, 0.25) is 0 Å². The van der Waals surface area contributed by atoms with Gasteiger partial charge in [-0.05, 0) is 76.1 Å². The lowest BCUT2D eigenvalue weighted by atomic mass is 10.1. The molecular weight excluding hydrogens is 505 g/mol. The van der Waals surface area contributed by atoms with Gasteiger partial charge < -0.3 is 10.2 Å². The lowest BCUT2D eigenvalue weighted by Gasteiger charge is -2.32. The predicted molar refractivity (Wildman–Crippen MR) is 147 cm³/mol. The van der Waals surface area contributed by atoms with Crippen molar-refractivity contribution in [1.82, 2.24) is 10.2 Å². The zero-order chi connectivity index (χ0) is 28.0. The minimum absolute atomic E-state index is 0.0347. The van der Waals surface area contributed by atoms with E-state index in [1.54, 1.807) is 44.2 Å². The van der Waals surface area contributed by atoms with Crippen molar-refractivity contribution in [3.8, 4) is 0 Å². The van der Waals surface area contributed by atoms with Gasteiger partial charge >= 0.3 is 0 Å². The highest BCUT2D eigenvalue weighted by Crippen LogP contribution is 2.27. The molecule has 9 heteroatoms. The number of carbonyl (C=O) groups excluding carboxylic acids is 2. The van der Waals surface area contributed by atoms with E-state index in [1.807, 2.05) is 26.8 Å². The van der Waals surface area contributed by atoms with E-state index in [1.165, 1.54) is 35.2 Å². The molecule has 7 nitrogen and oxygen atoms in total. The molecule has 38 heavy (non-hydrogen) atoms. The number of sulfonamides is 1. The van der Waals surface area contributed by atoms with Crippen molar-refractivity contribution >= 4 is 27.5 Å². The second kappa shape index (κ2) is 12.2. The third-order valence-corrected chi connectivity index (χ3v) is 7.99. The van der Waals surface area contributed by atoms with E-state index in [0.717, 1.165) is 21.0 Å². The minimum atomic E-state index is -4.16. The topological polar surface area (TPSA) is 86.8 Å². The summed E-state index contributed by atoms with van der Waals surface area (Å²) in [4.78, 5) is 27.8. The molecule has 1 N–H and O–H groups in total. The summed E-state index contributed by atoms with van der Waals surface area (Å²) in [6.45, 7) is 8.41. The number of amides is 2. The van der Waals surface area contributed by atoms with Crippen LogP contribution in [0.3, 0.4) is 0 Å². The zero-order valence-electron chi connectivity index (χ0n) is 22.4. The number of anilines is 1. The fraction of sp³-hybridized carbons (Fsp3) is 0.310. The maximum Gasteiger partial charge on any atom is 0.264 e. The molecule has 0 aromatic heterocycles. The van der Waals surface area contributed by atoms with E-state index in [2.05, 4.69) is 5.32 Å². The van der Waals surface area contributed by atoms with Crippen LogP contribution >= 0.6 is 0 Å². The molecule has 3 aromatic rings. The van der Waals surface area contributed by atoms with Gasteiger partial charge in [0, 0.05) is 18.7 Å². The molecule has 3 rings (SSSR count). The maximum atomic E-state index is 14.5. The Hall–Kier alpha value is -3.72. The van der Waals surface area contributed by atoms with Crippen LogP contribution in [-0.4, -0.2) is 44.3 Å². The smallest absolute Gasteiger partial charge is 0.264 e. The Labute approximate surface area is 224 Å². The van der Waals surface area contributed by atoms with E-state index >= 15 is 0 Å². The van der Waals surface area contributed by atoms with Crippen molar-refractivity contribution < 1.29 is 22.4 Å². The number of likely N-dealkylation sites (N-methyl/N-ethyl adjacent to an activating group) is 1. The molecule has 0 aliphatic carbocycles. The molecule has 0 fully saturated rings. The normalized spacial score (nSPS) is 12.1. The van der Waals surface area contributed by atoms with Gasteiger partial charge in [0.25, 0.3) is 10.0 Å². The van der Waals surface area contributed by atoms with Crippen molar-refractivity contribution in [3.05, 3.63) is 94.8 Å². The third-order valence-electron chi connectivity index (χ3n) is 6.20. The molecular formula is C29H34FN3O4S. The number of rotatable bonds is 10. The first-order valence-electron chi connectivity index (χ1n) is 12.4. The molecule has 2 amide bonds. The van der Waals surface area contributed by atoms with Crippen LogP contribution in [0.25, 0.3) is 0 Å². The molecule has 0 bridgehead atoms. The fourth-order valence-corrected chi connectivity index (χ4v) is 5.57. The highest BCUT2D eigenvalue weighted by Gasteiger charge is 2.33. The number of nitrogens with one attached hydrogen (secondary N) is 1. The van der Waals surface area contributed by atoms with E-state index in [-0.39, 0.29) is 17.0 Å². The van der Waals surface area contributed by atoms with Crippen LogP contribution in [0.4, 0.5) is 10.1 Å². The van der Waals surface area contributed by atoms with Gasteiger partial charge in [0.05, 0.1) is 10.6 Å². The van der Waals surface area contributed by atoms with Crippen LogP contribution in [0.5, 0.6) is 0 Å². The molecule has 0 aliphatic rings. The standard InChI is InChI=1S/C29H34FN3O4S/c1-6-31-29(35)23(5)32(18-24-9-7-8-10-27(24)30)28(34)19-33(25-16-21(3)15-22(4)17-25)38(36,37)26-13-11-20(2)12-14-26/h7-17,23H,6,18-19H2,1-5H3,(H,31,35)/t23-/m1/s1. The minimum Gasteiger partial charge on any atom is -0.355 e. The van der Waals surface area contributed by atoms with Crippen LogP contribution < -0.4 is 9.62 Å². The summed E-state index contributed by atoms with van der Waals surface area (Å²) in [6, 6.07) is 16.7.